The number of aliphatic hydroxyl groups is 4. The van der Waals surface area contributed by atoms with Crippen molar-refractivity contribution in [1.82, 2.24) is 4.90 Å². The van der Waals surface area contributed by atoms with Gasteiger partial charge >= 0.3 is 5.97 Å². The number of likely N-dealkylation sites (N-methyl/N-ethyl adjacent to an activating group) is 1. The standard InChI is InChI=1S/C23H24N2O10/c1-6-7-4-5-8(22(33)34)15(26)10(7)16(27)11-9(6)17(28)13-14(25(2)3)18(29)12(21(24)32)20(31)23(13,35)19(11)30/h4-6,9,13-14,17,26,28-30,35H,1-3H3,(H2,24,32)(H,33,34)/t6-,9?,13?,14-,17-,23-/m0/s1. The number of aromatic carboxylic acids is 1. The molecular formula is C23H24N2O10. The first-order chi connectivity index (χ1) is 16.2. The average molecular weight is 488 g/mol. The number of hydrogen-bond acceptors (Lipinski definition) is 10. The fraction of sp³-hybridized carbons (Fsp3) is 0.391. The Kier molecular flexibility index (Phi) is 5.32. The zero-order chi connectivity index (χ0) is 26.3. The second-order valence-electron chi connectivity index (χ2n) is 9.28. The molecule has 1 aromatic rings. The maximum absolute atomic E-state index is 13.5. The lowest BCUT2D eigenvalue weighted by atomic mass is 9.55. The zero-order valence-electron chi connectivity index (χ0n) is 18.9. The van der Waals surface area contributed by atoms with E-state index in [0.29, 0.717) is 0 Å². The first-order valence-electron chi connectivity index (χ1n) is 10.6. The van der Waals surface area contributed by atoms with E-state index in [0.717, 1.165) is 6.07 Å². The van der Waals surface area contributed by atoms with Crippen molar-refractivity contribution in [1.29, 1.82) is 0 Å². The minimum Gasteiger partial charge on any atom is -0.510 e. The molecule has 35 heavy (non-hydrogen) atoms. The van der Waals surface area contributed by atoms with Crippen molar-refractivity contribution in [3.63, 3.8) is 0 Å². The normalized spacial score (nSPS) is 32.3. The molecule has 0 saturated heterocycles. The quantitative estimate of drug-likeness (QED) is 0.265. The largest absolute Gasteiger partial charge is 0.510 e. The third-order valence-corrected chi connectivity index (χ3v) is 7.36. The second kappa shape index (κ2) is 7.63. The summed E-state index contributed by atoms with van der Waals surface area (Å²) in [7, 11) is 2.88. The number of hydrogen-bond donors (Lipinski definition) is 7. The monoisotopic (exact) mass is 488 g/mol. The van der Waals surface area contributed by atoms with Crippen molar-refractivity contribution in [2.24, 2.45) is 17.6 Å². The Morgan fingerprint density at radius 2 is 1.71 bits per heavy atom. The number of carbonyl (C=O) groups excluding carboxylic acids is 3. The topological polar surface area (TPSA) is 219 Å². The van der Waals surface area contributed by atoms with E-state index in [4.69, 9.17) is 5.73 Å². The van der Waals surface area contributed by atoms with Crippen LogP contribution in [0.15, 0.2) is 34.8 Å². The molecule has 0 saturated carbocycles. The molecule has 0 spiro atoms. The Labute approximate surface area is 198 Å². The number of ketones is 2. The molecule has 12 nitrogen and oxygen atoms in total. The number of primary amides is 1. The van der Waals surface area contributed by atoms with E-state index in [-0.39, 0.29) is 5.56 Å². The van der Waals surface area contributed by atoms with E-state index in [1.165, 1.54) is 25.1 Å². The third-order valence-electron chi connectivity index (χ3n) is 7.36. The lowest BCUT2D eigenvalue weighted by molar-refractivity contribution is -0.162. The Balaban J connectivity index is 2.06. The molecule has 8 N–H and O–H groups in total. The Morgan fingerprint density at radius 1 is 1.11 bits per heavy atom. The molecule has 6 atom stereocenters. The van der Waals surface area contributed by atoms with E-state index >= 15 is 0 Å². The lowest BCUT2D eigenvalue weighted by Gasteiger charge is -2.53. The molecule has 0 heterocycles. The van der Waals surface area contributed by atoms with Crippen molar-refractivity contribution in [3.05, 3.63) is 51.5 Å². The van der Waals surface area contributed by atoms with Crippen LogP contribution in [0.2, 0.25) is 0 Å². The summed E-state index contributed by atoms with van der Waals surface area (Å²) in [6, 6.07) is 1.05. The average Bonchev–Trinajstić information content (AvgIpc) is 2.75. The van der Waals surface area contributed by atoms with Crippen LogP contribution in [0.4, 0.5) is 0 Å². The molecule has 186 valence electrons. The molecule has 3 aliphatic carbocycles. The van der Waals surface area contributed by atoms with Crippen LogP contribution in [0.25, 0.3) is 0 Å². The number of nitrogens with two attached hydrogens (primary N) is 1. The van der Waals surface area contributed by atoms with Crippen LogP contribution in [0, 0.1) is 11.8 Å². The van der Waals surface area contributed by atoms with Gasteiger partial charge in [-0.05, 0) is 31.6 Å². The van der Waals surface area contributed by atoms with E-state index < -0.39 is 98.5 Å². The van der Waals surface area contributed by atoms with Crippen LogP contribution in [0.5, 0.6) is 5.75 Å². The van der Waals surface area contributed by atoms with Crippen molar-refractivity contribution >= 4 is 23.4 Å². The van der Waals surface area contributed by atoms with Gasteiger partial charge in [-0.2, -0.15) is 0 Å². The third kappa shape index (κ3) is 2.90. The van der Waals surface area contributed by atoms with Gasteiger partial charge in [0.15, 0.2) is 11.4 Å². The number of carboxylic acids is 1. The maximum Gasteiger partial charge on any atom is 0.339 e. The number of phenols is 1. The maximum atomic E-state index is 13.5. The Hall–Kier alpha value is -3.74. The number of benzene rings is 1. The lowest BCUT2D eigenvalue weighted by Crippen LogP contribution is -2.68. The number of aliphatic hydroxyl groups excluding tert-OH is 3. The Bertz CT molecular complexity index is 1280. The van der Waals surface area contributed by atoms with Gasteiger partial charge in [0.2, 0.25) is 5.78 Å². The first-order valence-corrected chi connectivity index (χ1v) is 10.6. The van der Waals surface area contributed by atoms with Crippen LogP contribution in [0.1, 0.15) is 39.1 Å². The molecule has 12 heteroatoms. The molecule has 0 aliphatic heterocycles. The van der Waals surface area contributed by atoms with Gasteiger partial charge in [0.1, 0.15) is 28.4 Å². The number of aromatic hydroxyl groups is 1. The summed E-state index contributed by atoms with van der Waals surface area (Å²) in [5, 5.41) is 64.8. The summed E-state index contributed by atoms with van der Waals surface area (Å²) in [6.07, 6.45) is -1.72. The molecule has 1 amide bonds. The number of fused-ring (bicyclic) bond motifs is 3. The van der Waals surface area contributed by atoms with Gasteiger partial charge in [0, 0.05) is 11.5 Å². The van der Waals surface area contributed by atoms with Crippen molar-refractivity contribution < 1.29 is 49.8 Å². The van der Waals surface area contributed by atoms with E-state index in [2.05, 4.69) is 0 Å². The molecule has 3 aliphatic rings. The minimum atomic E-state index is -3.02. The molecule has 1 aromatic carbocycles. The summed E-state index contributed by atoms with van der Waals surface area (Å²) in [5.74, 6) is -12.0. The number of Topliss-reactive ketones (excluding diaryl/α,β-unsaturated/α-hetero) is 2. The van der Waals surface area contributed by atoms with Crippen molar-refractivity contribution in [2.75, 3.05) is 14.1 Å². The predicted octanol–water partition coefficient (Wildman–Crippen LogP) is -0.649. The number of amides is 1. The van der Waals surface area contributed by atoms with Crippen LogP contribution >= 0.6 is 0 Å². The highest BCUT2D eigenvalue weighted by atomic mass is 16.4. The van der Waals surface area contributed by atoms with Gasteiger partial charge in [0.05, 0.1) is 23.6 Å². The molecule has 0 bridgehead atoms. The summed E-state index contributed by atoms with van der Waals surface area (Å²) in [4.78, 5) is 51.5. The summed E-state index contributed by atoms with van der Waals surface area (Å²) >= 11 is 0. The van der Waals surface area contributed by atoms with Crippen molar-refractivity contribution in [2.45, 2.75) is 30.6 Å². The van der Waals surface area contributed by atoms with Gasteiger partial charge in [-0.1, -0.05) is 13.0 Å². The van der Waals surface area contributed by atoms with Gasteiger partial charge in [-0.3, -0.25) is 19.3 Å². The zero-order valence-corrected chi connectivity index (χ0v) is 18.9. The minimum absolute atomic E-state index is 0.185. The van der Waals surface area contributed by atoms with Crippen molar-refractivity contribution in [3.8, 4) is 5.75 Å². The highest BCUT2D eigenvalue weighted by Crippen LogP contribution is 2.55. The molecule has 2 unspecified atom stereocenters. The van der Waals surface area contributed by atoms with Gasteiger partial charge in [-0.25, -0.2) is 4.79 Å². The highest BCUT2D eigenvalue weighted by Gasteiger charge is 2.67. The van der Waals surface area contributed by atoms with E-state index in [9.17, 15) is 49.8 Å². The first kappa shape index (κ1) is 24.4. The van der Waals surface area contributed by atoms with E-state index in [1.54, 1.807) is 6.92 Å². The fourth-order valence-electron chi connectivity index (χ4n) is 5.80. The highest BCUT2D eigenvalue weighted by molar-refractivity contribution is 6.25. The second-order valence-corrected chi connectivity index (χ2v) is 9.28. The van der Waals surface area contributed by atoms with Crippen LogP contribution in [-0.2, 0) is 9.59 Å². The fourth-order valence-corrected chi connectivity index (χ4v) is 5.80. The summed E-state index contributed by atoms with van der Waals surface area (Å²) < 4.78 is 0. The number of nitrogens with zero attached hydrogens (tertiary/aromatic N) is 1. The molecule has 0 aromatic heterocycles. The van der Waals surface area contributed by atoms with Gasteiger partial charge in [0.25, 0.3) is 5.91 Å². The molecule has 0 fully saturated rings. The van der Waals surface area contributed by atoms with Gasteiger partial charge < -0.3 is 36.4 Å². The van der Waals surface area contributed by atoms with E-state index in [1.807, 2.05) is 0 Å². The van der Waals surface area contributed by atoms with Crippen LogP contribution in [-0.4, -0.2) is 90.8 Å². The molecule has 4 rings (SSSR count). The smallest absolute Gasteiger partial charge is 0.339 e. The summed E-state index contributed by atoms with van der Waals surface area (Å²) in [5.41, 5.74) is -0.217. The van der Waals surface area contributed by atoms with Crippen LogP contribution < -0.4 is 5.73 Å². The Morgan fingerprint density at radius 3 is 2.23 bits per heavy atom. The number of carbonyl (C=O) groups is 4. The number of rotatable bonds is 3. The number of carboxylic acid groups (broad SMARTS) is 1. The van der Waals surface area contributed by atoms with Gasteiger partial charge in [-0.15, -0.1) is 0 Å². The summed E-state index contributed by atoms with van der Waals surface area (Å²) in [6.45, 7) is 1.55. The molecule has 0 radical (unpaired) electrons. The predicted molar refractivity (Wildman–Crippen MR) is 117 cm³/mol. The van der Waals surface area contributed by atoms with Crippen LogP contribution in [0.3, 0.4) is 0 Å². The molecular weight excluding hydrogens is 464 g/mol. The SMILES string of the molecule is C[C@H]1c2ccc(C(=O)O)c(O)c2C(=O)C2=C(O)[C@]3(O)C(=O)C(C(N)=O)=C(O)[C@@H](N(C)C)C3[C@@H](O)C21.